The zero-order valence-electron chi connectivity index (χ0n) is 15.5. The fraction of sp³-hybridized carbons (Fsp3) is 0.429. The van der Waals surface area contributed by atoms with E-state index in [0.717, 1.165) is 29.8 Å². The van der Waals surface area contributed by atoms with Gasteiger partial charge in [0.05, 0.1) is 19.3 Å². The number of rotatable bonds is 5. The predicted octanol–water partition coefficient (Wildman–Crippen LogP) is 2.54. The lowest BCUT2D eigenvalue weighted by Gasteiger charge is -2.43. The number of ether oxygens (including phenoxy) is 1. The minimum Gasteiger partial charge on any atom is -0.497 e. The van der Waals surface area contributed by atoms with Crippen LogP contribution in [0.25, 0.3) is 0 Å². The van der Waals surface area contributed by atoms with Crippen LogP contribution in [0.4, 0.5) is 5.69 Å². The van der Waals surface area contributed by atoms with Gasteiger partial charge in [-0.25, -0.2) is 0 Å². The molecule has 1 aromatic carbocycles. The lowest BCUT2D eigenvalue weighted by molar-refractivity contribution is -0.121. The van der Waals surface area contributed by atoms with Crippen molar-refractivity contribution in [2.75, 3.05) is 19.0 Å². The number of carbonyl (C=O) groups is 1. The highest BCUT2D eigenvalue weighted by atomic mass is 16.5. The molecule has 2 saturated heterocycles. The van der Waals surface area contributed by atoms with E-state index in [1.807, 2.05) is 36.4 Å². The van der Waals surface area contributed by atoms with E-state index in [0.29, 0.717) is 19.4 Å². The van der Waals surface area contributed by atoms with Crippen molar-refractivity contribution in [3.05, 3.63) is 54.4 Å². The molecule has 2 bridgehead atoms. The zero-order valence-corrected chi connectivity index (χ0v) is 15.5. The van der Waals surface area contributed by atoms with Crippen molar-refractivity contribution >= 4 is 11.6 Å². The maximum Gasteiger partial charge on any atom is 0.238 e. The van der Waals surface area contributed by atoms with Crippen LogP contribution in [0, 0.1) is 0 Å². The maximum atomic E-state index is 12.5. The predicted molar refractivity (Wildman–Crippen MR) is 103 cm³/mol. The van der Waals surface area contributed by atoms with Gasteiger partial charge in [-0.2, -0.15) is 0 Å². The van der Waals surface area contributed by atoms with E-state index in [1.165, 1.54) is 0 Å². The van der Waals surface area contributed by atoms with Crippen LogP contribution < -0.4 is 10.1 Å². The number of piperidine rings is 1. The molecule has 0 aliphatic carbocycles. The molecule has 2 N–H and O–H groups in total. The van der Waals surface area contributed by atoms with E-state index in [-0.39, 0.29) is 18.0 Å². The van der Waals surface area contributed by atoms with Gasteiger partial charge in [0.15, 0.2) is 0 Å². The first-order valence-corrected chi connectivity index (χ1v) is 9.40. The minimum absolute atomic E-state index is 0.0242. The Morgan fingerprint density at radius 3 is 2.56 bits per heavy atom. The summed E-state index contributed by atoms with van der Waals surface area (Å²) < 4.78 is 5.14. The van der Waals surface area contributed by atoms with Crippen LogP contribution in [0.5, 0.6) is 5.75 Å². The number of benzene rings is 1. The quantitative estimate of drug-likeness (QED) is 0.850. The fourth-order valence-electron chi connectivity index (χ4n) is 4.49. The molecule has 1 aromatic heterocycles. The number of methoxy groups -OCH3 is 1. The molecule has 27 heavy (non-hydrogen) atoms. The van der Waals surface area contributed by atoms with Crippen molar-refractivity contribution in [3.63, 3.8) is 0 Å². The number of nitrogens with one attached hydrogen (secondary N) is 1. The largest absolute Gasteiger partial charge is 0.497 e. The number of fused-ring (bicyclic) bond motifs is 2. The Labute approximate surface area is 159 Å². The summed E-state index contributed by atoms with van der Waals surface area (Å²) >= 11 is 0. The first kappa shape index (κ1) is 17.9. The van der Waals surface area contributed by atoms with Gasteiger partial charge in [-0.3, -0.25) is 14.7 Å². The molecule has 0 radical (unpaired) electrons. The van der Waals surface area contributed by atoms with Gasteiger partial charge < -0.3 is 15.2 Å². The van der Waals surface area contributed by atoms with Gasteiger partial charge >= 0.3 is 0 Å². The fourth-order valence-corrected chi connectivity index (χ4v) is 4.49. The van der Waals surface area contributed by atoms with E-state index in [9.17, 15) is 9.90 Å². The van der Waals surface area contributed by atoms with E-state index >= 15 is 0 Å². The SMILES string of the molecule is COc1ccc(NC(=O)CN2[C@@H]3CC[C@H]2CC(O)(c2cccnc2)C3)cc1. The Hall–Kier alpha value is -2.44. The summed E-state index contributed by atoms with van der Waals surface area (Å²) in [4.78, 5) is 18.9. The highest BCUT2D eigenvalue weighted by Gasteiger charge is 2.48. The van der Waals surface area contributed by atoms with Gasteiger partial charge in [0, 0.05) is 35.7 Å². The second kappa shape index (κ2) is 7.29. The summed E-state index contributed by atoms with van der Waals surface area (Å²) in [6.07, 6.45) is 6.80. The summed E-state index contributed by atoms with van der Waals surface area (Å²) in [7, 11) is 1.62. The first-order valence-electron chi connectivity index (χ1n) is 9.40. The topological polar surface area (TPSA) is 74.7 Å². The normalized spacial score (nSPS) is 27.3. The molecule has 142 valence electrons. The van der Waals surface area contributed by atoms with Crippen LogP contribution in [0.15, 0.2) is 48.8 Å². The van der Waals surface area contributed by atoms with Crippen molar-refractivity contribution in [1.82, 2.24) is 9.88 Å². The number of aromatic nitrogens is 1. The maximum absolute atomic E-state index is 12.5. The molecule has 1 unspecified atom stereocenters. The standard InChI is InChI=1S/C21H25N3O3/c1-27-19-8-4-16(5-9-19)23-20(25)14-24-17-6-7-18(24)12-21(26,11-17)15-3-2-10-22-13-15/h2-5,8-10,13,17-18,26H,6-7,11-12,14H2,1H3,(H,23,25)/t17-,18+,21?. The number of anilines is 1. The van der Waals surface area contributed by atoms with Crippen LogP contribution in [-0.4, -0.2) is 46.6 Å². The number of carbonyl (C=O) groups excluding carboxylic acids is 1. The monoisotopic (exact) mass is 367 g/mol. The summed E-state index contributed by atoms with van der Waals surface area (Å²) in [5, 5.41) is 14.1. The van der Waals surface area contributed by atoms with Crippen molar-refractivity contribution < 1.29 is 14.6 Å². The molecule has 6 heteroatoms. The molecule has 1 amide bonds. The second-order valence-electron chi connectivity index (χ2n) is 7.52. The number of amides is 1. The van der Waals surface area contributed by atoms with Crippen LogP contribution in [0.2, 0.25) is 0 Å². The van der Waals surface area contributed by atoms with E-state index < -0.39 is 5.60 Å². The molecule has 2 aromatic rings. The number of hydrogen-bond donors (Lipinski definition) is 2. The van der Waals surface area contributed by atoms with Crippen molar-refractivity contribution in [2.24, 2.45) is 0 Å². The average Bonchev–Trinajstić information content (AvgIpc) is 2.93. The Balaban J connectivity index is 1.40. The number of aliphatic hydroxyl groups is 1. The van der Waals surface area contributed by atoms with Gasteiger partial charge in [0.25, 0.3) is 0 Å². The number of pyridine rings is 1. The minimum atomic E-state index is -0.844. The third kappa shape index (κ3) is 3.68. The van der Waals surface area contributed by atoms with E-state index in [2.05, 4.69) is 15.2 Å². The molecule has 2 aliphatic heterocycles. The molecule has 2 fully saturated rings. The van der Waals surface area contributed by atoms with Crippen molar-refractivity contribution in [2.45, 2.75) is 43.4 Å². The third-order valence-electron chi connectivity index (χ3n) is 5.82. The molecule has 0 saturated carbocycles. The van der Waals surface area contributed by atoms with Gasteiger partial charge in [-0.15, -0.1) is 0 Å². The zero-order chi connectivity index (χ0) is 18.9. The highest BCUT2D eigenvalue weighted by molar-refractivity contribution is 5.92. The Kier molecular flexibility index (Phi) is 4.85. The average molecular weight is 367 g/mol. The van der Waals surface area contributed by atoms with E-state index in [4.69, 9.17) is 4.74 Å². The van der Waals surface area contributed by atoms with Crippen molar-refractivity contribution in [3.8, 4) is 5.75 Å². The third-order valence-corrected chi connectivity index (χ3v) is 5.82. The Morgan fingerprint density at radius 2 is 1.96 bits per heavy atom. The molecule has 6 nitrogen and oxygen atoms in total. The van der Waals surface area contributed by atoms with Crippen molar-refractivity contribution in [1.29, 1.82) is 0 Å². The summed E-state index contributed by atoms with van der Waals surface area (Å²) in [5.74, 6) is 0.737. The van der Waals surface area contributed by atoms with Gasteiger partial charge in [0.1, 0.15) is 5.75 Å². The van der Waals surface area contributed by atoms with Crippen LogP contribution in [-0.2, 0) is 10.4 Å². The van der Waals surface area contributed by atoms with Gasteiger partial charge in [-0.05, 0) is 56.0 Å². The first-order chi connectivity index (χ1) is 13.1. The van der Waals surface area contributed by atoms with Gasteiger partial charge in [-0.1, -0.05) is 6.07 Å². The second-order valence-corrected chi connectivity index (χ2v) is 7.52. The molecule has 3 heterocycles. The Bertz CT molecular complexity index is 780. The molecule has 3 atom stereocenters. The summed E-state index contributed by atoms with van der Waals surface area (Å²) in [5.41, 5.74) is 0.796. The lowest BCUT2D eigenvalue weighted by Crippen LogP contribution is -2.51. The smallest absolute Gasteiger partial charge is 0.238 e. The molecule has 2 aliphatic rings. The summed E-state index contributed by atoms with van der Waals surface area (Å²) in [6.45, 7) is 0.352. The lowest BCUT2D eigenvalue weighted by atomic mass is 9.81. The van der Waals surface area contributed by atoms with Crippen LogP contribution in [0.3, 0.4) is 0 Å². The number of hydrogen-bond acceptors (Lipinski definition) is 5. The van der Waals surface area contributed by atoms with Crippen LogP contribution in [0.1, 0.15) is 31.2 Å². The highest BCUT2D eigenvalue weighted by Crippen LogP contribution is 2.45. The molecular formula is C21H25N3O3. The van der Waals surface area contributed by atoms with Crippen LogP contribution >= 0.6 is 0 Å². The molecular weight excluding hydrogens is 342 g/mol. The molecule has 4 rings (SSSR count). The Morgan fingerprint density at radius 1 is 1.26 bits per heavy atom. The molecule has 0 spiro atoms. The summed E-state index contributed by atoms with van der Waals surface area (Å²) in [6, 6.07) is 11.6. The number of nitrogens with zero attached hydrogens (tertiary/aromatic N) is 2. The van der Waals surface area contributed by atoms with E-state index in [1.54, 1.807) is 19.5 Å². The van der Waals surface area contributed by atoms with Gasteiger partial charge in [0.2, 0.25) is 5.91 Å².